The number of rotatable bonds is 3. The van der Waals surface area contributed by atoms with Crippen molar-refractivity contribution in [3.8, 4) is 11.6 Å². The first kappa shape index (κ1) is 14.3. The standard InChI is InChI=1S/C16H18ClN3O/c1-10-6-12(7-11(2)16(10)17)21-15-9-19-14(8-20-15)13-4-3-5-18-13/h6-9,13,18H,3-5H2,1-2H3. The van der Waals surface area contributed by atoms with Gasteiger partial charge in [-0.2, -0.15) is 0 Å². The largest absolute Gasteiger partial charge is 0.437 e. The van der Waals surface area contributed by atoms with Crippen LogP contribution in [0, 0.1) is 13.8 Å². The van der Waals surface area contributed by atoms with Crippen LogP contribution in [0.15, 0.2) is 24.5 Å². The number of hydrogen-bond acceptors (Lipinski definition) is 4. The van der Waals surface area contributed by atoms with Crippen LogP contribution in [0.4, 0.5) is 0 Å². The molecule has 1 fully saturated rings. The molecule has 4 nitrogen and oxygen atoms in total. The fourth-order valence-corrected chi connectivity index (χ4v) is 2.69. The van der Waals surface area contributed by atoms with E-state index >= 15 is 0 Å². The van der Waals surface area contributed by atoms with E-state index in [4.69, 9.17) is 16.3 Å². The molecule has 110 valence electrons. The van der Waals surface area contributed by atoms with Crippen LogP contribution < -0.4 is 10.1 Å². The molecule has 0 radical (unpaired) electrons. The molecule has 5 heteroatoms. The van der Waals surface area contributed by atoms with Crippen molar-refractivity contribution < 1.29 is 4.74 Å². The maximum absolute atomic E-state index is 6.16. The molecule has 3 rings (SSSR count). The number of aryl methyl sites for hydroxylation is 2. The van der Waals surface area contributed by atoms with E-state index in [0.717, 1.165) is 40.6 Å². The third kappa shape index (κ3) is 3.17. The van der Waals surface area contributed by atoms with Crippen molar-refractivity contribution in [3.05, 3.63) is 46.4 Å². The summed E-state index contributed by atoms with van der Waals surface area (Å²) < 4.78 is 5.76. The van der Waals surface area contributed by atoms with Crippen LogP contribution in [-0.4, -0.2) is 16.5 Å². The second-order valence-electron chi connectivity index (χ2n) is 5.40. The van der Waals surface area contributed by atoms with E-state index in [0.29, 0.717) is 11.9 Å². The Morgan fingerprint density at radius 1 is 1.19 bits per heavy atom. The number of nitrogens with one attached hydrogen (secondary N) is 1. The van der Waals surface area contributed by atoms with Gasteiger partial charge in [-0.3, -0.25) is 4.98 Å². The average molecular weight is 304 g/mol. The van der Waals surface area contributed by atoms with Gasteiger partial charge >= 0.3 is 0 Å². The summed E-state index contributed by atoms with van der Waals surface area (Å²) in [4.78, 5) is 8.79. The highest BCUT2D eigenvalue weighted by molar-refractivity contribution is 6.32. The fraction of sp³-hybridized carbons (Fsp3) is 0.375. The first-order valence-electron chi connectivity index (χ1n) is 7.13. The predicted octanol–water partition coefficient (Wildman–Crippen LogP) is 3.96. The van der Waals surface area contributed by atoms with Crippen molar-refractivity contribution in [2.45, 2.75) is 32.7 Å². The van der Waals surface area contributed by atoms with E-state index in [1.165, 1.54) is 6.42 Å². The third-order valence-corrected chi connectivity index (χ3v) is 4.29. The molecule has 1 aromatic heterocycles. The SMILES string of the molecule is Cc1cc(Oc2cnc(C3CCCN3)cn2)cc(C)c1Cl. The lowest BCUT2D eigenvalue weighted by Crippen LogP contribution is -2.14. The van der Waals surface area contributed by atoms with E-state index < -0.39 is 0 Å². The molecule has 1 aromatic carbocycles. The Kier molecular flexibility index (Phi) is 4.08. The lowest BCUT2D eigenvalue weighted by Gasteiger charge is -2.11. The van der Waals surface area contributed by atoms with Gasteiger partial charge < -0.3 is 10.1 Å². The molecule has 1 saturated heterocycles. The third-order valence-electron chi connectivity index (χ3n) is 3.70. The summed E-state index contributed by atoms with van der Waals surface area (Å²) in [6.45, 7) is 4.97. The van der Waals surface area contributed by atoms with Crippen LogP contribution in [0.2, 0.25) is 5.02 Å². The normalized spacial score (nSPS) is 18.0. The maximum atomic E-state index is 6.16. The van der Waals surface area contributed by atoms with E-state index in [9.17, 15) is 0 Å². The van der Waals surface area contributed by atoms with Crippen LogP contribution in [0.1, 0.15) is 35.7 Å². The molecule has 0 saturated carbocycles. The molecule has 2 aromatic rings. The molecular weight excluding hydrogens is 286 g/mol. The summed E-state index contributed by atoms with van der Waals surface area (Å²) >= 11 is 6.16. The number of aromatic nitrogens is 2. The van der Waals surface area contributed by atoms with Gasteiger partial charge in [-0.1, -0.05) is 11.6 Å². The first-order chi connectivity index (χ1) is 10.1. The highest BCUT2D eigenvalue weighted by Crippen LogP contribution is 2.28. The highest BCUT2D eigenvalue weighted by atomic mass is 35.5. The van der Waals surface area contributed by atoms with Crippen molar-refractivity contribution in [1.82, 2.24) is 15.3 Å². The second kappa shape index (κ2) is 6.00. The van der Waals surface area contributed by atoms with Crippen LogP contribution >= 0.6 is 11.6 Å². The average Bonchev–Trinajstić information content (AvgIpc) is 3.00. The molecular formula is C16H18ClN3O. The second-order valence-corrected chi connectivity index (χ2v) is 5.78. The zero-order valence-electron chi connectivity index (χ0n) is 12.2. The minimum atomic E-state index is 0.326. The molecule has 2 heterocycles. The topological polar surface area (TPSA) is 47.0 Å². The van der Waals surface area contributed by atoms with E-state index in [1.807, 2.05) is 26.0 Å². The molecule has 1 atom stereocenters. The lowest BCUT2D eigenvalue weighted by atomic mass is 10.1. The van der Waals surface area contributed by atoms with Crippen molar-refractivity contribution in [3.63, 3.8) is 0 Å². The molecule has 1 unspecified atom stereocenters. The molecule has 0 spiro atoms. The van der Waals surface area contributed by atoms with Gasteiger partial charge in [0, 0.05) is 5.02 Å². The van der Waals surface area contributed by atoms with Crippen molar-refractivity contribution in [1.29, 1.82) is 0 Å². The molecule has 1 N–H and O–H groups in total. The molecule has 0 bridgehead atoms. The van der Waals surface area contributed by atoms with Gasteiger partial charge in [-0.25, -0.2) is 4.98 Å². The number of benzene rings is 1. The Hall–Kier alpha value is -1.65. The molecule has 0 aliphatic carbocycles. The Balaban J connectivity index is 1.76. The van der Waals surface area contributed by atoms with Crippen molar-refractivity contribution >= 4 is 11.6 Å². The number of halogens is 1. The minimum absolute atomic E-state index is 0.326. The van der Waals surface area contributed by atoms with E-state index in [-0.39, 0.29) is 0 Å². The van der Waals surface area contributed by atoms with Gasteiger partial charge in [-0.05, 0) is 56.5 Å². The number of nitrogens with zero attached hydrogens (tertiary/aromatic N) is 2. The predicted molar refractivity (Wildman–Crippen MR) is 83.0 cm³/mol. The van der Waals surface area contributed by atoms with Gasteiger partial charge in [-0.15, -0.1) is 0 Å². The van der Waals surface area contributed by atoms with Gasteiger partial charge in [0.15, 0.2) is 0 Å². The van der Waals surface area contributed by atoms with E-state index in [1.54, 1.807) is 12.4 Å². The Morgan fingerprint density at radius 2 is 1.95 bits per heavy atom. The summed E-state index contributed by atoms with van der Waals surface area (Å²) in [5.74, 6) is 1.23. The minimum Gasteiger partial charge on any atom is -0.437 e. The van der Waals surface area contributed by atoms with Gasteiger partial charge in [0.2, 0.25) is 5.88 Å². The van der Waals surface area contributed by atoms with Gasteiger partial charge in [0.1, 0.15) is 5.75 Å². The van der Waals surface area contributed by atoms with Crippen LogP contribution in [0.3, 0.4) is 0 Å². The highest BCUT2D eigenvalue weighted by Gasteiger charge is 2.17. The van der Waals surface area contributed by atoms with Crippen LogP contribution in [0.5, 0.6) is 11.6 Å². The summed E-state index contributed by atoms with van der Waals surface area (Å²) in [5, 5.41) is 4.18. The number of ether oxygens (including phenoxy) is 1. The summed E-state index contributed by atoms with van der Waals surface area (Å²) in [5.41, 5.74) is 2.96. The number of hydrogen-bond donors (Lipinski definition) is 1. The quantitative estimate of drug-likeness (QED) is 0.932. The maximum Gasteiger partial charge on any atom is 0.237 e. The fourth-order valence-electron chi connectivity index (χ4n) is 2.58. The zero-order chi connectivity index (χ0) is 14.8. The van der Waals surface area contributed by atoms with Gasteiger partial charge in [0.25, 0.3) is 0 Å². The first-order valence-corrected chi connectivity index (χ1v) is 7.51. The van der Waals surface area contributed by atoms with Crippen molar-refractivity contribution in [2.75, 3.05) is 6.54 Å². The van der Waals surface area contributed by atoms with Gasteiger partial charge in [0.05, 0.1) is 24.1 Å². The molecule has 1 aliphatic rings. The van der Waals surface area contributed by atoms with Crippen LogP contribution in [-0.2, 0) is 0 Å². The summed E-state index contributed by atoms with van der Waals surface area (Å²) in [6, 6.07) is 4.14. The summed E-state index contributed by atoms with van der Waals surface area (Å²) in [7, 11) is 0. The van der Waals surface area contributed by atoms with Crippen LogP contribution in [0.25, 0.3) is 0 Å². The van der Waals surface area contributed by atoms with Crippen molar-refractivity contribution in [2.24, 2.45) is 0 Å². The Bertz CT molecular complexity index is 613. The molecule has 1 aliphatic heterocycles. The molecule has 21 heavy (non-hydrogen) atoms. The lowest BCUT2D eigenvalue weighted by molar-refractivity contribution is 0.457. The monoisotopic (exact) mass is 303 g/mol. The zero-order valence-corrected chi connectivity index (χ0v) is 12.9. The Morgan fingerprint density at radius 3 is 2.52 bits per heavy atom. The summed E-state index contributed by atoms with van der Waals surface area (Å²) in [6.07, 6.45) is 5.76. The Labute approximate surface area is 129 Å². The molecule has 0 amide bonds. The van der Waals surface area contributed by atoms with E-state index in [2.05, 4.69) is 15.3 Å². The smallest absolute Gasteiger partial charge is 0.237 e.